The maximum absolute atomic E-state index is 13.9. The lowest BCUT2D eigenvalue weighted by Crippen LogP contribution is -2.65. The summed E-state index contributed by atoms with van der Waals surface area (Å²) in [6.07, 6.45) is -1.28. The molecule has 1 fully saturated rings. The molecule has 0 saturated carbocycles. The topological polar surface area (TPSA) is 116 Å². The predicted octanol–water partition coefficient (Wildman–Crippen LogP) is 4.02. The van der Waals surface area contributed by atoms with E-state index >= 15 is 0 Å². The normalized spacial score (nSPS) is 21.0. The summed E-state index contributed by atoms with van der Waals surface area (Å²) >= 11 is 0. The lowest BCUT2D eigenvalue weighted by Gasteiger charge is -2.47. The molecule has 0 aromatic heterocycles. The summed E-state index contributed by atoms with van der Waals surface area (Å²) < 4.78 is 64.5. The number of fused-ring (bicyclic) bond motifs is 2. The lowest BCUT2D eigenvalue weighted by atomic mass is 9.96. The molecule has 0 spiro atoms. The van der Waals surface area contributed by atoms with Crippen molar-refractivity contribution in [2.24, 2.45) is 0 Å². The summed E-state index contributed by atoms with van der Waals surface area (Å²) in [5, 5.41) is 11.8. The van der Waals surface area contributed by atoms with Crippen molar-refractivity contribution in [1.82, 2.24) is 9.03 Å². The second-order valence-corrected chi connectivity index (χ2v) is 13.8. The van der Waals surface area contributed by atoms with Crippen molar-refractivity contribution in [3.8, 4) is 11.5 Å². The van der Waals surface area contributed by atoms with Crippen LogP contribution in [0.1, 0.15) is 5.56 Å². The molecule has 0 aliphatic carbocycles. The molecule has 1 saturated heterocycles. The first-order chi connectivity index (χ1) is 19.6. The first kappa shape index (κ1) is 27.4. The van der Waals surface area contributed by atoms with Gasteiger partial charge < -0.3 is 14.7 Å². The molecule has 3 atom stereocenters. The van der Waals surface area contributed by atoms with Crippen LogP contribution >= 0.6 is 0 Å². The second-order valence-electron chi connectivity index (χ2n) is 10.1. The molecule has 4 aromatic carbocycles. The minimum absolute atomic E-state index is 0.0250. The Kier molecular flexibility index (Phi) is 7.08. The number of sulfonamides is 2. The quantitative estimate of drug-likeness (QED) is 0.348. The highest BCUT2D eigenvalue weighted by Gasteiger charge is 2.46. The van der Waals surface area contributed by atoms with Gasteiger partial charge in [-0.2, -0.15) is 4.31 Å². The largest absolute Gasteiger partial charge is 0.453 e. The molecule has 4 aromatic rings. The Hall–Kier alpha value is -3.74. The highest BCUT2D eigenvalue weighted by molar-refractivity contribution is 7.89. The molecule has 0 radical (unpaired) electrons. The van der Waals surface area contributed by atoms with Crippen molar-refractivity contribution in [1.29, 1.82) is 0 Å². The number of hydrogen-bond donors (Lipinski definition) is 2. The highest BCUT2D eigenvalue weighted by atomic mass is 32.2. The van der Waals surface area contributed by atoms with Gasteiger partial charge in [0.25, 0.3) is 0 Å². The van der Waals surface area contributed by atoms with Gasteiger partial charge in [0.2, 0.25) is 20.0 Å². The van der Waals surface area contributed by atoms with E-state index < -0.39 is 38.2 Å². The van der Waals surface area contributed by atoms with E-state index in [2.05, 4.69) is 4.72 Å². The molecule has 0 unspecified atom stereocenters. The molecule has 41 heavy (non-hydrogen) atoms. The van der Waals surface area contributed by atoms with Gasteiger partial charge in [-0.25, -0.2) is 21.6 Å². The van der Waals surface area contributed by atoms with Crippen LogP contribution in [0.15, 0.2) is 113 Å². The van der Waals surface area contributed by atoms with E-state index in [1.807, 2.05) is 48.2 Å². The van der Waals surface area contributed by atoms with Crippen LogP contribution in [0.5, 0.6) is 11.5 Å². The summed E-state index contributed by atoms with van der Waals surface area (Å²) in [5.74, 6) is 1.08. The van der Waals surface area contributed by atoms with E-state index in [-0.39, 0.29) is 22.9 Å². The first-order valence-corrected chi connectivity index (χ1v) is 16.0. The van der Waals surface area contributed by atoms with Crippen molar-refractivity contribution in [3.63, 3.8) is 0 Å². The van der Waals surface area contributed by atoms with Crippen LogP contribution in [0.25, 0.3) is 0 Å². The highest BCUT2D eigenvalue weighted by Crippen LogP contribution is 2.48. The molecule has 2 aliphatic rings. The van der Waals surface area contributed by atoms with Crippen molar-refractivity contribution < 1.29 is 26.7 Å². The summed E-state index contributed by atoms with van der Waals surface area (Å²) in [5.41, 5.74) is 2.16. The van der Waals surface area contributed by atoms with E-state index in [9.17, 15) is 21.9 Å². The number of ether oxygens (including phenoxy) is 1. The average molecular weight is 592 g/mol. The molecule has 2 aliphatic heterocycles. The zero-order chi connectivity index (χ0) is 28.8. The van der Waals surface area contributed by atoms with Crippen molar-refractivity contribution >= 4 is 31.4 Å². The van der Waals surface area contributed by atoms with Crippen LogP contribution in [0, 0.1) is 6.92 Å². The number of rotatable bonds is 6. The van der Waals surface area contributed by atoms with Gasteiger partial charge in [0.1, 0.15) is 0 Å². The monoisotopic (exact) mass is 591 g/mol. The first-order valence-electron chi connectivity index (χ1n) is 13.1. The molecule has 2 N–H and O–H groups in total. The third-order valence-corrected chi connectivity index (χ3v) is 10.8. The van der Waals surface area contributed by atoms with Gasteiger partial charge in [-0.05, 0) is 55.5 Å². The molecule has 2 heterocycles. The summed E-state index contributed by atoms with van der Waals surface area (Å²) in [7, 11) is -8.13. The van der Waals surface area contributed by atoms with Crippen LogP contribution in [-0.2, 0) is 20.0 Å². The van der Waals surface area contributed by atoms with Gasteiger partial charge in [0.05, 0.1) is 39.4 Å². The maximum atomic E-state index is 13.9. The smallest absolute Gasteiger partial charge is 0.243 e. The summed E-state index contributed by atoms with van der Waals surface area (Å²) in [6.45, 7) is 1.50. The Morgan fingerprint density at radius 3 is 1.90 bits per heavy atom. The van der Waals surface area contributed by atoms with Gasteiger partial charge in [-0.15, -0.1) is 0 Å². The molecule has 0 bridgehead atoms. The molecule has 0 amide bonds. The van der Waals surface area contributed by atoms with E-state index in [1.165, 1.54) is 28.6 Å². The van der Waals surface area contributed by atoms with Gasteiger partial charge in [0.15, 0.2) is 11.5 Å². The number of nitrogens with zero attached hydrogens (tertiary/aromatic N) is 2. The Balaban J connectivity index is 1.45. The van der Waals surface area contributed by atoms with E-state index in [4.69, 9.17) is 4.74 Å². The minimum Gasteiger partial charge on any atom is -0.453 e. The third kappa shape index (κ3) is 5.11. The summed E-state index contributed by atoms with van der Waals surface area (Å²) in [6, 6.07) is 26.9. The number of aryl methyl sites for hydroxylation is 1. The van der Waals surface area contributed by atoms with Gasteiger partial charge in [-0.3, -0.25) is 0 Å². The minimum atomic E-state index is -4.09. The molecule has 11 heteroatoms. The van der Waals surface area contributed by atoms with Crippen LogP contribution in [0.2, 0.25) is 0 Å². The van der Waals surface area contributed by atoms with Crippen LogP contribution in [0.3, 0.4) is 0 Å². The Labute approximate surface area is 239 Å². The lowest BCUT2D eigenvalue weighted by molar-refractivity contribution is 0.0646. The predicted molar refractivity (Wildman–Crippen MR) is 155 cm³/mol. The van der Waals surface area contributed by atoms with Crippen LogP contribution in [0.4, 0.5) is 11.4 Å². The molecule has 6 rings (SSSR count). The number of aliphatic hydroxyl groups is 1. The Morgan fingerprint density at radius 2 is 1.29 bits per heavy atom. The van der Waals surface area contributed by atoms with Crippen molar-refractivity contribution in [2.75, 3.05) is 18.0 Å². The standard InChI is InChI=1S/C30H29N3O6S2/c1-21-15-17-22(18-16-21)40(35,36)31-24-19-32(41(37,38)23-9-3-2-4-10-23)20-27(30(24)34)33-25-11-5-7-13-28(25)39-29-14-8-6-12-26(29)33/h2-18,24,27,30-31,34H,19-20H2,1H3/t24-,27+,30+/m1/s1. The Morgan fingerprint density at radius 1 is 0.732 bits per heavy atom. The number of benzene rings is 4. The number of piperidine rings is 1. The second kappa shape index (κ2) is 10.6. The van der Waals surface area contributed by atoms with Gasteiger partial charge >= 0.3 is 0 Å². The van der Waals surface area contributed by atoms with E-state index in [0.29, 0.717) is 22.9 Å². The number of nitrogens with one attached hydrogen (secondary N) is 1. The molecular weight excluding hydrogens is 562 g/mol. The number of anilines is 2. The fourth-order valence-electron chi connectivity index (χ4n) is 5.34. The fraction of sp³-hybridized carbons (Fsp3) is 0.200. The third-order valence-electron chi connectivity index (χ3n) is 7.42. The van der Waals surface area contributed by atoms with Crippen LogP contribution < -0.4 is 14.4 Å². The van der Waals surface area contributed by atoms with Gasteiger partial charge in [0, 0.05) is 13.1 Å². The Bertz CT molecular complexity index is 1740. The SMILES string of the molecule is Cc1ccc(S(=O)(=O)N[C@@H]2CN(S(=O)(=O)c3ccccc3)C[C@H](N3c4ccccc4Oc4ccccc43)[C@H]2O)cc1. The number of para-hydroxylation sites is 4. The maximum Gasteiger partial charge on any atom is 0.243 e. The zero-order valence-electron chi connectivity index (χ0n) is 22.2. The molecular formula is C30H29N3O6S2. The van der Waals surface area contributed by atoms with Crippen LogP contribution in [-0.4, -0.2) is 57.5 Å². The zero-order valence-corrected chi connectivity index (χ0v) is 23.8. The van der Waals surface area contributed by atoms with Crippen molar-refractivity contribution in [3.05, 3.63) is 109 Å². The molecule has 212 valence electrons. The van der Waals surface area contributed by atoms with E-state index in [0.717, 1.165) is 5.56 Å². The fourth-order valence-corrected chi connectivity index (χ4v) is 8.09. The van der Waals surface area contributed by atoms with Gasteiger partial charge in [-0.1, -0.05) is 60.2 Å². The molecule has 9 nitrogen and oxygen atoms in total. The van der Waals surface area contributed by atoms with E-state index in [1.54, 1.807) is 42.5 Å². The summed E-state index contributed by atoms with van der Waals surface area (Å²) in [4.78, 5) is 1.95. The number of aliphatic hydroxyl groups excluding tert-OH is 1. The average Bonchev–Trinajstić information content (AvgIpc) is 2.97. The number of hydrogen-bond acceptors (Lipinski definition) is 7. The van der Waals surface area contributed by atoms with Crippen molar-refractivity contribution in [2.45, 2.75) is 34.9 Å².